The number of nitrogens with zero attached hydrogens (tertiary/aromatic N) is 1. The Labute approximate surface area is 179 Å². The summed E-state index contributed by atoms with van der Waals surface area (Å²) in [6.07, 6.45) is 1.10. The van der Waals surface area contributed by atoms with E-state index in [4.69, 9.17) is 9.47 Å². The number of nitrogens with one attached hydrogen (secondary N) is 1. The Morgan fingerprint density at radius 3 is 2.13 bits per heavy atom. The van der Waals surface area contributed by atoms with E-state index in [0.717, 1.165) is 27.3 Å². The van der Waals surface area contributed by atoms with Crippen LogP contribution < -0.4 is 19.1 Å². The molecule has 30 heavy (non-hydrogen) atoms. The number of carbonyl (C=O) groups excluding carboxylic acids is 1. The summed E-state index contributed by atoms with van der Waals surface area (Å²) in [5, 5.41) is 2.89. The average Bonchev–Trinajstić information content (AvgIpc) is 2.68. The van der Waals surface area contributed by atoms with E-state index in [1.807, 2.05) is 32.9 Å². The molecule has 0 saturated carbocycles. The van der Waals surface area contributed by atoms with Gasteiger partial charge in [0.2, 0.25) is 15.9 Å². The lowest BCUT2D eigenvalue weighted by Crippen LogP contribution is -2.48. The molecule has 1 amide bonds. The molecule has 1 N–H and O–H groups in total. The monoisotopic (exact) mass is 434 g/mol. The molecule has 0 bridgehead atoms. The van der Waals surface area contributed by atoms with E-state index in [0.29, 0.717) is 17.2 Å². The lowest BCUT2D eigenvalue weighted by molar-refractivity contribution is -0.122. The minimum atomic E-state index is -3.68. The Kier molecular flexibility index (Phi) is 7.36. The molecule has 164 valence electrons. The average molecular weight is 435 g/mol. The van der Waals surface area contributed by atoms with E-state index in [2.05, 4.69) is 5.32 Å². The number of aryl methyl sites for hydroxylation is 2. The van der Waals surface area contributed by atoms with Crippen molar-refractivity contribution in [3.63, 3.8) is 0 Å². The van der Waals surface area contributed by atoms with Crippen LogP contribution in [0.3, 0.4) is 0 Å². The molecule has 0 unspecified atom stereocenters. The van der Waals surface area contributed by atoms with Gasteiger partial charge in [-0.25, -0.2) is 8.42 Å². The van der Waals surface area contributed by atoms with Crippen LogP contribution in [-0.4, -0.2) is 40.8 Å². The van der Waals surface area contributed by atoms with Gasteiger partial charge in [-0.3, -0.25) is 9.10 Å². The Balaban J connectivity index is 2.28. The fourth-order valence-corrected chi connectivity index (χ4v) is 4.38. The highest BCUT2D eigenvalue weighted by Gasteiger charge is 2.30. The summed E-state index contributed by atoms with van der Waals surface area (Å²) < 4.78 is 36.7. The molecule has 8 heteroatoms. The van der Waals surface area contributed by atoms with E-state index in [1.54, 1.807) is 45.4 Å². The lowest BCUT2D eigenvalue weighted by Gasteiger charge is -2.29. The molecule has 0 aliphatic rings. The number of benzene rings is 2. The smallest absolute Gasteiger partial charge is 0.244 e. The second kappa shape index (κ2) is 9.38. The lowest BCUT2D eigenvalue weighted by atomic mass is 10.1. The summed E-state index contributed by atoms with van der Waals surface area (Å²) in [5.41, 5.74) is 3.27. The maximum Gasteiger partial charge on any atom is 0.244 e. The molecular weight excluding hydrogens is 404 g/mol. The Bertz CT molecular complexity index is 1020. The van der Waals surface area contributed by atoms with Crippen molar-refractivity contribution in [2.75, 3.05) is 24.8 Å². The number of ether oxygens (including phenoxy) is 2. The van der Waals surface area contributed by atoms with Gasteiger partial charge in [-0.1, -0.05) is 12.1 Å². The summed E-state index contributed by atoms with van der Waals surface area (Å²) in [6.45, 7) is 7.26. The van der Waals surface area contributed by atoms with Crippen molar-refractivity contribution in [2.45, 2.75) is 39.8 Å². The molecule has 0 aliphatic heterocycles. The van der Waals surface area contributed by atoms with Gasteiger partial charge in [0.25, 0.3) is 0 Å². The second-order valence-electron chi connectivity index (χ2n) is 7.35. The standard InChI is InChI=1S/C22H30N2O5S/c1-14-8-10-19(12-15(14)2)24(30(7,26)27)17(4)22(25)23-16(3)18-9-11-20(28-5)21(13-18)29-6/h8-13,16-17H,1-7H3,(H,23,25)/t16-,17+/m0/s1. The van der Waals surface area contributed by atoms with E-state index in [-0.39, 0.29) is 6.04 Å². The third-order valence-electron chi connectivity index (χ3n) is 5.10. The van der Waals surface area contributed by atoms with Crippen molar-refractivity contribution in [3.05, 3.63) is 53.1 Å². The first-order valence-electron chi connectivity index (χ1n) is 9.58. The quantitative estimate of drug-likeness (QED) is 0.689. The van der Waals surface area contributed by atoms with Crippen LogP contribution in [0.5, 0.6) is 11.5 Å². The maximum absolute atomic E-state index is 12.9. The molecule has 0 heterocycles. The first kappa shape index (κ1) is 23.5. The third-order valence-corrected chi connectivity index (χ3v) is 6.34. The van der Waals surface area contributed by atoms with Gasteiger partial charge in [0.1, 0.15) is 6.04 Å². The van der Waals surface area contributed by atoms with Gasteiger partial charge < -0.3 is 14.8 Å². The van der Waals surface area contributed by atoms with Crippen LogP contribution in [0.2, 0.25) is 0 Å². The summed E-state index contributed by atoms with van der Waals surface area (Å²) in [4.78, 5) is 12.9. The highest BCUT2D eigenvalue weighted by Crippen LogP contribution is 2.30. The maximum atomic E-state index is 12.9. The Hall–Kier alpha value is -2.74. The Morgan fingerprint density at radius 1 is 0.967 bits per heavy atom. The molecule has 0 fully saturated rings. The molecule has 2 atom stereocenters. The molecule has 0 spiro atoms. The predicted molar refractivity (Wildman–Crippen MR) is 119 cm³/mol. The molecule has 7 nitrogen and oxygen atoms in total. The van der Waals surface area contributed by atoms with Crippen LogP contribution in [0.15, 0.2) is 36.4 Å². The molecule has 0 aromatic heterocycles. The number of carbonyl (C=O) groups is 1. The molecule has 0 saturated heterocycles. The largest absolute Gasteiger partial charge is 0.493 e. The van der Waals surface area contributed by atoms with E-state index in [9.17, 15) is 13.2 Å². The minimum Gasteiger partial charge on any atom is -0.493 e. The van der Waals surface area contributed by atoms with E-state index < -0.39 is 22.0 Å². The van der Waals surface area contributed by atoms with Crippen LogP contribution in [0.1, 0.15) is 36.6 Å². The number of methoxy groups -OCH3 is 2. The van der Waals surface area contributed by atoms with Crippen LogP contribution in [0.25, 0.3) is 0 Å². The van der Waals surface area contributed by atoms with Crippen LogP contribution in [0, 0.1) is 13.8 Å². The number of amides is 1. The van der Waals surface area contributed by atoms with Crippen LogP contribution >= 0.6 is 0 Å². The highest BCUT2D eigenvalue weighted by atomic mass is 32.2. The van der Waals surface area contributed by atoms with Gasteiger partial charge in [-0.2, -0.15) is 0 Å². The molecular formula is C22H30N2O5S. The van der Waals surface area contributed by atoms with Gasteiger partial charge >= 0.3 is 0 Å². The van der Waals surface area contributed by atoms with Crippen LogP contribution in [0.4, 0.5) is 5.69 Å². The van der Waals surface area contributed by atoms with Crippen LogP contribution in [-0.2, 0) is 14.8 Å². The number of rotatable bonds is 8. The first-order chi connectivity index (χ1) is 14.0. The topological polar surface area (TPSA) is 84.9 Å². The fraction of sp³-hybridized carbons (Fsp3) is 0.409. The first-order valence-corrected chi connectivity index (χ1v) is 11.4. The zero-order valence-corrected chi connectivity index (χ0v) is 19.3. The number of sulfonamides is 1. The molecule has 0 aliphatic carbocycles. The second-order valence-corrected chi connectivity index (χ2v) is 9.21. The van der Waals surface area contributed by atoms with Gasteiger partial charge in [-0.15, -0.1) is 0 Å². The van der Waals surface area contributed by atoms with Crippen molar-refractivity contribution < 1.29 is 22.7 Å². The van der Waals surface area contributed by atoms with Gasteiger partial charge in [0.15, 0.2) is 11.5 Å². The van der Waals surface area contributed by atoms with Gasteiger partial charge in [0, 0.05) is 0 Å². The normalized spacial score (nSPS) is 13.3. The Morgan fingerprint density at radius 2 is 1.60 bits per heavy atom. The predicted octanol–water partition coefficient (Wildman–Crippen LogP) is 3.35. The number of anilines is 1. The number of hydrogen-bond donors (Lipinski definition) is 1. The van der Waals surface area contributed by atoms with Crippen molar-refractivity contribution in [1.29, 1.82) is 0 Å². The highest BCUT2D eigenvalue weighted by molar-refractivity contribution is 7.92. The number of hydrogen-bond acceptors (Lipinski definition) is 5. The van der Waals surface area contributed by atoms with E-state index in [1.165, 1.54) is 0 Å². The zero-order chi connectivity index (χ0) is 22.6. The van der Waals surface area contributed by atoms with Crippen molar-refractivity contribution in [2.24, 2.45) is 0 Å². The van der Waals surface area contributed by atoms with Crippen molar-refractivity contribution in [3.8, 4) is 11.5 Å². The van der Waals surface area contributed by atoms with Crippen molar-refractivity contribution in [1.82, 2.24) is 5.32 Å². The molecule has 0 radical (unpaired) electrons. The summed E-state index contributed by atoms with van der Waals surface area (Å²) in [7, 11) is -0.581. The van der Waals surface area contributed by atoms with Gasteiger partial charge in [0.05, 0.1) is 32.2 Å². The summed E-state index contributed by atoms with van der Waals surface area (Å²) >= 11 is 0. The van der Waals surface area contributed by atoms with Gasteiger partial charge in [-0.05, 0) is 68.7 Å². The zero-order valence-electron chi connectivity index (χ0n) is 18.5. The minimum absolute atomic E-state index is 0.360. The molecule has 2 aromatic rings. The summed E-state index contributed by atoms with van der Waals surface area (Å²) in [5.74, 6) is 0.740. The van der Waals surface area contributed by atoms with Crippen molar-refractivity contribution >= 4 is 21.6 Å². The third kappa shape index (κ3) is 5.24. The summed E-state index contributed by atoms with van der Waals surface area (Å²) in [6, 6.07) is 9.42. The SMILES string of the molecule is COc1ccc([C@H](C)NC(=O)[C@@H](C)N(c2ccc(C)c(C)c2)S(C)(=O)=O)cc1OC. The molecule has 2 rings (SSSR count). The molecule has 2 aromatic carbocycles. The van der Waals surface area contributed by atoms with E-state index >= 15 is 0 Å². The fourth-order valence-electron chi connectivity index (χ4n) is 3.21.